The zero-order valence-electron chi connectivity index (χ0n) is 8.95. The molecule has 1 N–H and O–H groups in total. The van der Waals surface area contributed by atoms with Crippen LogP contribution in [0, 0.1) is 6.92 Å². The molecule has 0 heterocycles. The van der Waals surface area contributed by atoms with Gasteiger partial charge in [-0.1, -0.05) is 19.1 Å². The lowest BCUT2D eigenvalue weighted by Gasteiger charge is -2.05. The van der Waals surface area contributed by atoms with Crippen molar-refractivity contribution in [1.82, 2.24) is 4.72 Å². The lowest BCUT2D eigenvalue weighted by molar-refractivity contribution is 0.153. The highest BCUT2D eigenvalue weighted by atomic mass is 32.2. The smallest absolute Gasteiger partial charge is 0.417 e. The number of rotatable bonds is 4. The quantitative estimate of drug-likeness (QED) is 0.800. The molecule has 1 aromatic carbocycles. The third-order valence-corrected chi connectivity index (χ3v) is 2.44. The molecule has 1 amide bonds. The summed E-state index contributed by atoms with van der Waals surface area (Å²) in [5.74, 6) is 0. The maximum atomic E-state index is 11.1. The summed E-state index contributed by atoms with van der Waals surface area (Å²) in [6.45, 7) is 4.43. The fourth-order valence-corrected chi connectivity index (χ4v) is 1.66. The Bertz CT molecular complexity index is 328. The van der Waals surface area contributed by atoms with E-state index in [1.165, 1.54) is 17.5 Å². The van der Waals surface area contributed by atoms with Gasteiger partial charge in [-0.2, -0.15) is 0 Å². The van der Waals surface area contributed by atoms with E-state index < -0.39 is 0 Å². The van der Waals surface area contributed by atoms with Gasteiger partial charge < -0.3 is 4.74 Å². The monoisotopic (exact) mass is 225 g/mol. The van der Waals surface area contributed by atoms with Crippen LogP contribution in [0.5, 0.6) is 0 Å². The number of hydrogen-bond acceptors (Lipinski definition) is 3. The standard InChI is InChI=1S/C11H15NO2S/c1-3-7-14-11(13)12-15-10-6-4-5-9(2)8-10/h4-6,8H,3,7H2,1-2H3,(H,12,13). The molecule has 0 saturated carbocycles. The zero-order chi connectivity index (χ0) is 11.1. The van der Waals surface area contributed by atoms with Crippen LogP contribution in [-0.2, 0) is 4.74 Å². The first kappa shape index (κ1) is 11.9. The minimum atomic E-state index is -0.386. The van der Waals surface area contributed by atoms with E-state index in [0.717, 1.165) is 11.3 Å². The Labute approximate surface area is 94.3 Å². The Morgan fingerprint density at radius 1 is 1.53 bits per heavy atom. The van der Waals surface area contributed by atoms with Gasteiger partial charge in [0.1, 0.15) is 0 Å². The highest BCUT2D eigenvalue weighted by molar-refractivity contribution is 7.98. The molecule has 0 aliphatic carbocycles. The molecule has 0 aliphatic rings. The number of carbonyl (C=O) groups excluding carboxylic acids is 1. The second kappa shape index (κ2) is 6.35. The third-order valence-electron chi connectivity index (χ3n) is 1.68. The summed E-state index contributed by atoms with van der Waals surface area (Å²) in [6.07, 6.45) is 0.450. The lowest BCUT2D eigenvalue weighted by Crippen LogP contribution is -2.17. The van der Waals surface area contributed by atoms with Gasteiger partial charge in [0.15, 0.2) is 0 Å². The van der Waals surface area contributed by atoms with Crippen molar-refractivity contribution in [3.05, 3.63) is 29.8 Å². The van der Waals surface area contributed by atoms with Gasteiger partial charge >= 0.3 is 6.09 Å². The summed E-state index contributed by atoms with van der Waals surface area (Å²) in [6, 6.07) is 7.92. The van der Waals surface area contributed by atoms with E-state index in [1.54, 1.807) is 0 Å². The predicted molar refractivity (Wildman–Crippen MR) is 61.8 cm³/mol. The number of ether oxygens (including phenoxy) is 1. The molecule has 0 unspecified atom stereocenters. The van der Waals surface area contributed by atoms with Crippen molar-refractivity contribution in [2.75, 3.05) is 6.61 Å². The topological polar surface area (TPSA) is 38.3 Å². The number of nitrogens with one attached hydrogen (secondary N) is 1. The molecule has 0 saturated heterocycles. The molecule has 0 fully saturated rings. The van der Waals surface area contributed by atoms with E-state index in [0.29, 0.717) is 6.61 Å². The Kier molecular flexibility index (Phi) is 5.04. The highest BCUT2D eigenvalue weighted by Crippen LogP contribution is 2.15. The molecule has 4 heteroatoms. The summed E-state index contributed by atoms with van der Waals surface area (Å²) in [5.41, 5.74) is 1.17. The van der Waals surface area contributed by atoms with Crippen LogP contribution in [0.15, 0.2) is 29.2 Å². The first-order valence-corrected chi connectivity index (χ1v) is 5.70. The molecule has 0 aromatic heterocycles. The molecule has 0 spiro atoms. The van der Waals surface area contributed by atoms with E-state index in [-0.39, 0.29) is 6.09 Å². The van der Waals surface area contributed by atoms with Crippen molar-refractivity contribution in [2.24, 2.45) is 0 Å². The number of aryl methyl sites for hydroxylation is 1. The molecule has 1 aromatic rings. The van der Waals surface area contributed by atoms with Crippen molar-refractivity contribution in [3.8, 4) is 0 Å². The Hall–Kier alpha value is -1.16. The van der Waals surface area contributed by atoms with Crippen molar-refractivity contribution >= 4 is 18.0 Å². The molecule has 0 atom stereocenters. The fourth-order valence-electron chi connectivity index (χ4n) is 1.00. The average molecular weight is 225 g/mol. The van der Waals surface area contributed by atoms with Crippen LogP contribution in [0.4, 0.5) is 4.79 Å². The molecule has 82 valence electrons. The van der Waals surface area contributed by atoms with Gasteiger partial charge in [-0.05, 0) is 43.0 Å². The van der Waals surface area contributed by atoms with Gasteiger partial charge in [0.05, 0.1) is 6.61 Å². The lowest BCUT2D eigenvalue weighted by atomic mass is 10.2. The van der Waals surface area contributed by atoms with Crippen LogP contribution < -0.4 is 4.72 Å². The van der Waals surface area contributed by atoms with Crippen LogP contribution >= 0.6 is 11.9 Å². The maximum absolute atomic E-state index is 11.1. The summed E-state index contributed by atoms with van der Waals surface area (Å²) in [7, 11) is 0. The van der Waals surface area contributed by atoms with Gasteiger partial charge in [0.2, 0.25) is 0 Å². The molecule has 0 bridgehead atoms. The highest BCUT2D eigenvalue weighted by Gasteiger charge is 2.01. The number of benzene rings is 1. The van der Waals surface area contributed by atoms with Gasteiger partial charge in [-0.3, -0.25) is 4.72 Å². The summed E-state index contributed by atoms with van der Waals surface area (Å²) >= 11 is 1.27. The second-order valence-electron chi connectivity index (χ2n) is 3.16. The molecule has 3 nitrogen and oxygen atoms in total. The van der Waals surface area contributed by atoms with E-state index in [1.807, 2.05) is 38.1 Å². The van der Waals surface area contributed by atoms with E-state index in [9.17, 15) is 4.79 Å². The average Bonchev–Trinajstić information content (AvgIpc) is 2.23. The van der Waals surface area contributed by atoms with E-state index in [2.05, 4.69) is 4.72 Å². The third kappa shape index (κ3) is 4.74. The Balaban J connectivity index is 2.33. The van der Waals surface area contributed by atoms with Crippen molar-refractivity contribution in [1.29, 1.82) is 0 Å². The minimum Gasteiger partial charge on any atom is -0.449 e. The largest absolute Gasteiger partial charge is 0.449 e. The van der Waals surface area contributed by atoms with Gasteiger partial charge in [-0.15, -0.1) is 0 Å². The summed E-state index contributed by atoms with van der Waals surface area (Å²) < 4.78 is 7.49. The van der Waals surface area contributed by atoms with Gasteiger partial charge in [0, 0.05) is 4.90 Å². The molecular formula is C11H15NO2S. The van der Waals surface area contributed by atoms with Crippen molar-refractivity contribution in [3.63, 3.8) is 0 Å². The minimum absolute atomic E-state index is 0.386. The van der Waals surface area contributed by atoms with E-state index >= 15 is 0 Å². The van der Waals surface area contributed by atoms with Crippen LogP contribution in [-0.4, -0.2) is 12.7 Å². The normalized spacial score (nSPS) is 9.73. The molecule has 0 aliphatic heterocycles. The first-order chi connectivity index (χ1) is 7.22. The van der Waals surface area contributed by atoms with Gasteiger partial charge in [-0.25, -0.2) is 4.79 Å². The Morgan fingerprint density at radius 2 is 2.33 bits per heavy atom. The van der Waals surface area contributed by atoms with E-state index in [4.69, 9.17) is 4.74 Å². The SMILES string of the molecule is CCCOC(=O)NSc1cccc(C)c1. The van der Waals surface area contributed by atoms with Gasteiger partial charge in [0.25, 0.3) is 0 Å². The second-order valence-corrected chi connectivity index (χ2v) is 4.04. The fraction of sp³-hybridized carbons (Fsp3) is 0.364. The number of amides is 1. The predicted octanol–water partition coefficient (Wildman–Crippen LogP) is 3.14. The molecule has 1 rings (SSSR count). The van der Waals surface area contributed by atoms with Crippen LogP contribution in [0.2, 0.25) is 0 Å². The summed E-state index contributed by atoms with van der Waals surface area (Å²) in [4.78, 5) is 12.1. The number of hydrogen-bond donors (Lipinski definition) is 1. The molecule has 15 heavy (non-hydrogen) atoms. The zero-order valence-corrected chi connectivity index (χ0v) is 9.76. The molecule has 0 radical (unpaired) electrons. The number of carbonyl (C=O) groups is 1. The van der Waals surface area contributed by atoms with Crippen molar-refractivity contribution < 1.29 is 9.53 Å². The van der Waals surface area contributed by atoms with Crippen molar-refractivity contribution in [2.45, 2.75) is 25.2 Å². The van der Waals surface area contributed by atoms with Crippen LogP contribution in [0.1, 0.15) is 18.9 Å². The molecular weight excluding hydrogens is 210 g/mol. The summed E-state index contributed by atoms with van der Waals surface area (Å²) in [5, 5.41) is 0. The van der Waals surface area contributed by atoms with Crippen LogP contribution in [0.3, 0.4) is 0 Å². The Morgan fingerprint density at radius 3 is 3.00 bits per heavy atom. The van der Waals surface area contributed by atoms with Crippen LogP contribution in [0.25, 0.3) is 0 Å². The first-order valence-electron chi connectivity index (χ1n) is 4.88. The maximum Gasteiger partial charge on any atom is 0.417 e.